The monoisotopic (exact) mass is 334 g/mol. The van der Waals surface area contributed by atoms with Gasteiger partial charge in [0.05, 0.1) is 0 Å². The number of aromatic amines is 2. The first-order valence-electron chi connectivity index (χ1n) is 5.93. The standard InChI is InChI=1S/C13H11BrN4O2/c1-6-5-7(3-4-8(6)14)10-15-9-11(16-10)18(2)13(20)17-12(9)19/h3-5H,1-2H3,(H,15,16)(H,17,19,20). The number of fused-ring (bicyclic) bond motifs is 1. The maximum Gasteiger partial charge on any atom is 0.329 e. The first-order valence-corrected chi connectivity index (χ1v) is 6.72. The molecular weight excluding hydrogens is 324 g/mol. The molecule has 0 aliphatic heterocycles. The Balaban J connectivity index is 2.31. The Kier molecular flexibility index (Phi) is 2.86. The highest BCUT2D eigenvalue weighted by Crippen LogP contribution is 2.23. The zero-order valence-corrected chi connectivity index (χ0v) is 12.4. The zero-order valence-electron chi connectivity index (χ0n) is 10.8. The molecule has 0 unspecified atom stereocenters. The van der Waals surface area contributed by atoms with Crippen LogP contribution in [-0.4, -0.2) is 19.5 Å². The second-order valence-electron chi connectivity index (χ2n) is 4.57. The fourth-order valence-corrected chi connectivity index (χ4v) is 2.28. The Morgan fingerprint density at radius 1 is 1.25 bits per heavy atom. The van der Waals surface area contributed by atoms with Crippen LogP contribution in [0.1, 0.15) is 5.56 Å². The van der Waals surface area contributed by atoms with Crippen molar-refractivity contribution in [2.45, 2.75) is 6.92 Å². The van der Waals surface area contributed by atoms with Gasteiger partial charge in [0.2, 0.25) is 0 Å². The Bertz CT molecular complexity index is 936. The molecule has 0 radical (unpaired) electrons. The first-order chi connectivity index (χ1) is 9.47. The number of rotatable bonds is 1. The normalized spacial score (nSPS) is 11.2. The molecular formula is C13H11BrN4O2. The predicted octanol–water partition coefficient (Wildman–Crippen LogP) is 1.69. The minimum Gasteiger partial charge on any atom is -0.332 e. The summed E-state index contributed by atoms with van der Waals surface area (Å²) in [5.74, 6) is 0.558. The van der Waals surface area contributed by atoms with Gasteiger partial charge in [-0.25, -0.2) is 9.78 Å². The lowest BCUT2D eigenvalue weighted by Crippen LogP contribution is -2.28. The van der Waals surface area contributed by atoms with Crippen molar-refractivity contribution in [2.24, 2.45) is 7.05 Å². The number of nitrogens with one attached hydrogen (secondary N) is 2. The Labute approximate surface area is 121 Å². The van der Waals surface area contributed by atoms with E-state index < -0.39 is 11.2 Å². The van der Waals surface area contributed by atoms with Crippen molar-refractivity contribution in [3.8, 4) is 11.4 Å². The molecule has 3 aromatic rings. The van der Waals surface area contributed by atoms with E-state index in [1.807, 2.05) is 25.1 Å². The number of hydrogen-bond acceptors (Lipinski definition) is 3. The largest absolute Gasteiger partial charge is 0.332 e. The molecule has 0 saturated carbocycles. The van der Waals surface area contributed by atoms with Gasteiger partial charge in [-0.2, -0.15) is 0 Å². The summed E-state index contributed by atoms with van der Waals surface area (Å²) in [4.78, 5) is 32.9. The summed E-state index contributed by atoms with van der Waals surface area (Å²) >= 11 is 3.44. The number of nitrogens with zero attached hydrogens (tertiary/aromatic N) is 2. The quantitative estimate of drug-likeness (QED) is 0.710. The number of H-pyrrole nitrogens is 2. The number of aryl methyl sites for hydroxylation is 2. The number of benzene rings is 1. The smallest absolute Gasteiger partial charge is 0.329 e. The minimum atomic E-state index is -0.479. The fourth-order valence-electron chi connectivity index (χ4n) is 2.03. The van der Waals surface area contributed by atoms with E-state index in [0.717, 1.165) is 15.6 Å². The lowest BCUT2D eigenvalue weighted by Gasteiger charge is -2.00. The molecule has 0 spiro atoms. The van der Waals surface area contributed by atoms with E-state index in [-0.39, 0.29) is 0 Å². The van der Waals surface area contributed by atoms with E-state index in [1.54, 1.807) is 7.05 Å². The van der Waals surface area contributed by atoms with Gasteiger partial charge >= 0.3 is 5.69 Å². The summed E-state index contributed by atoms with van der Waals surface area (Å²) in [7, 11) is 1.57. The Hall–Kier alpha value is -2.15. The van der Waals surface area contributed by atoms with E-state index in [0.29, 0.717) is 17.0 Å². The van der Waals surface area contributed by atoms with E-state index in [4.69, 9.17) is 0 Å². The van der Waals surface area contributed by atoms with E-state index >= 15 is 0 Å². The number of hydrogen-bond donors (Lipinski definition) is 2. The van der Waals surface area contributed by atoms with Crippen molar-refractivity contribution in [1.82, 2.24) is 19.5 Å². The molecule has 2 heterocycles. The first kappa shape index (κ1) is 12.9. The number of aromatic nitrogens is 4. The third kappa shape index (κ3) is 1.90. The van der Waals surface area contributed by atoms with Crippen molar-refractivity contribution in [1.29, 1.82) is 0 Å². The third-order valence-electron chi connectivity index (χ3n) is 3.19. The van der Waals surface area contributed by atoms with Gasteiger partial charge in [-0.3, -0.25) is 14.3 Å². The van der Waals surface area contributed by atoms with Gasteiger partial charge in [-0.05, 0) is 24.6 Å². The molecule has 0 saturated heterocycles. The molecule has 0 amide bonds. The number of halogens is 1. The van der Waals surface area contributed by atoms with Gasteiger partial charge < -0.3 is 4.98 Å². The third-order valence-corrected chi connectivity index (χ3v) is 4.08. The molecule has 7 heteroatoms. The van der Waals surface area contributed by atoms with Crippen LogP contribution in [0.3, 0.4) is 0 Å². The van der Waals surface area contributed by atoms with Gasteiger partial charge in [0, 0.05) is 17.1 Å². The molecule has 0 aliphatic carbocycles. The van der Waals surface area contributed by atoms with E-state index in [1.165, 1.54) is 4.57 Å². The summed E-state index contributed by atoms with van der Waals surface area (Å²) in [6.07, 6.45) is 0. The van der Waals surface area contributed by atoms with Crippen molar-refractivity contribution in [3.63, 3.8) is 0 Å². The SMILES string of the molecule is Cc1cc(-c2nc3c([nH]2)c(=O)[nH]c(=O)n3C)ccc1Br. The molecule has 1 aromatic carbocycles. The summed E-state index contributed by atoms with van der Waals surface area (Å²) in [5, 5.41) is 0. The Morgan fingerprint density at radius 3 is 2.70 bits per heavy atom. The highest BCUT2D eigenvalue weighted by Gasteiger charge is 2.12. The van der Waals surface area contributed by atoms with Crippen LogP contribution in [0, 0.1) is 6.92 Å². The molecule has 102 valence electrons. The van der Waals surface area contributed by atoms with Gasteiger partial charge in [-0.15, -0.1) is 0 Å². The van der Waals surface area contributed by atoms with E-state index in [9.17, 15) is 9.59 Å². The number of imidazole rings is 1. The lowest BCUT2D eigenvalue weighted by molar-refractivity contribution is 0.832. The highest BCUT2D eigenvalue weighted by atomic mass is 79.9. The van der Waals surface area contributed by atoms with Crippen LogP contribution in [0.2, 0.25) is 0 Å². The average Bonchev–Trinajstić information content (AvgIpc) is 2.85. The summed E-state index contributed by atoms with van der Waals surface area (Å²) in [6, 6.07) is 5.76. The molecule has 2 N–H and O–H groups in total. The second-order valence-corrected chi connectivity index (χ2v) is 5.42. The summed E-state index contributed by atoms with van der Waals surface area (Å²) in [5.41, 5.74) is 1.61. The molecule has 0 aliphatic rings. The Morgan fingerprint density at radius 2 is 2.00 bits per heavy atom. The van der Waals surface area contributed by atoms with Crippen molar-refractivity contribution >= 4 is 27.1 Å². The van der Waals surface area contributed by atoms with Crippen LogP contribution in [0.5, 0.6) is 0 Å². The van der Waals surface area contributed by atoms with Crippen LogP contribution >= 0.6 is 15.9 Å². The molecule has 0 atom stereocenters. The molecule has 2 aromatic heterocycles. The maximum absolute atomic E-state index is 11.8. The predicted molar refractivity (Wildman–Crippen MR) is 79.8 cm³/mol. The molecule has 0 fully saturated rings. The minimum absolute atomic E-state index is 0.294. The molecule has 20 heavy (non-hydrogen) atoms. The molecule has 0 bridgehead atoms. The topological polar surface area (TPSA) is 83.5 Å². The zero-order chi connectivity index (χ0) is 14.4. The average molecular weight is 335 g/mol. The molecule has 3 rings (SSSR count). The fraction of sp³-hybridized carbons (Fsp3) is 0.154. The lowest BCUT2D eigenvalue weighted by atomic mass is 10.1. The summed E-state index contributed by atoms with van der Waals surface area (Å²) < 4.78 is 2.31. The van der Waals surface area contributed by atoms with Crippen molar-refractivity contribution in [2.75, 3.05) is 0 Å². The maximum atomic E-state index is 11.8. The van der Waals surface area contributed by atoms with Gasteiger partial charge in [-0.1, -0.05) is 22.0 Å². The highest BCUT2D eigenvalue weighted by molar-refractivity contribution is 9.10. The van der Waals surface area contributed by atoms with Gasteiger partial charge in [0.15, 0.2) is 5.65 Å². The molecule has 6 nitrogen and oxygen atoms in total. The van der Waals surface area contributed by atoms with Crippen LogP contribution in [0.25, 0.3) is 22.6 Å². The van der Waals surface area contributed by atoms with Gasteiger partial charge in [0.1, 0.15) is 11.3 Å². The van der Waals surface area contributed by atoms with Crippen LogP contribution < -0.4 is 11.2 Å². The van der Waals surface area contributed by atoms with Crippen molar-refractivity contribution < 1.29 is 0 Å². The van der Waals surface area contributed by atoms with Crippen LogP contribution in [0.4, 0.5) is 0 Å². The van der Waals surface area contributed by atoms with Crippen LogP contribution in [-0.2, 0) is 7.05 Å². The van der Waals surface area contributed by atoms with E-state index in [2.05, 4.69) is 30.9 Å². The van der Waals surface area contributed by atoms with Gasteiger partial charge in [0.25, 0.3) is 5.56 Å². The van der Waals surface area contributed by atoms with Crippen LogP contribution in [0.15, 0.2) is 32.3 Å². The summed E-state index contributed by atoms with van der Waals surface area (Å²) in [6.45, 7) is 1.97. The van der Waals surface area contributed by atoms with Crippen molar-refractivity contribution in [3.05, 3.63) is 49.1 Å². The second kappa shape index (κ2) is 4.45.